The van der Waals surface area contributed by atoms with Crippen LogP contribution in [0.2, 0.25) is 0 Å². The summed E-state index contributed by atoms with van der Waals surface area (Å²) in [5.41, 5.74) is 2.03. The van der Waals surface area contributed by atoms with E-state index in [9.17, 15) is 13.2 Å². The summed E-state index contributed by atoms with van der Waals surface area (Å²) < 4.78 is 26.7. The van der Waals surface area contributed by atoms with Crippen LogP contribution in [-0.2, 0) is 19.8 Å². The number of hydrogen-bond donors (Lipinski definition) is 1. The van der Waals surface area contributed by atoms with E-state index in [-0.39, 0.29) is 11.0 Å². The predicted molar refractivity (Wildman–Crippen MR) is 71.0 cm³/mol. The van der Waals surface area contributed by atoms with E-state index >= 15 is 0 Å². The fourth-order valence-electron chi connectivity index (χ4n) is 2.04. The summed E-state index contributed by atoms with van der Waals surface area (Å²) in [6, 6.07) is 7.31. The van der Waals surface area contributed by atoms with Gasteiger partial charge in [0.05, 0.1) is 0 Å². The number of rotatable bonds is 1. The van der Waals surface area contributed by atoms with Gasteiger partial charge < -0.3 is 10.1 Å². The summed E-state index contributed by atoms with van der Waals surface area (Å²) in [7, 11) is -2.39. The molecule has 0 bridgehead atoms. The molecule has 5 nitrogen and oxygen atoms in total. The Morgan fingerprint density at radius 1 is 1.26 bits per heavy atom. The Kier molecular flexibility index (Phi) is 2.81. The van der Waals surface area contributed by atoms with Crippen molar-refractivity contribution in [1.29, 1.82) is 0 Å². The average Bonchev–Trinajstić information content (AvgIpc) is 2.96. The molecule has 1 unspecified atom stereocenters. The summed E-state index contributed by atoms with van der Waals surface area (Å²) >= 11 is 0. The number of carbonyl (C=O) groups is 1. The largest absolute Gasteiger partial charge is 0.321 e. The molecule has 96 valence electrons. The molecule has 19 heavy (non-hydrogen) atoms. The molecule has 0 saturated heterocycles. The zero-order valence-corrected chi connectivity index (χ0v) is 10.5. The molecule has 0 aliphatic carbocycles. The van der Waals surface area contributed by atoms with Crippen LogP contribution in [0, 0.1) is 0 Å². The lowest BCUT2D eigenvalue weighted by Gasteiger charge is -2.03. The van der Waals surface area contributed by atoms with Crippen LogP contribution in [0.3, 0.4) is 0 Å². The van der Waals surface area contributed by atoms with E-state index in [1.54, 1.807) is 12.2 Å². The zero-order valence-electron chi connectivity index (χ0n) is 9.66. The molecular weight excluding hydrogens is 266 g/mol. The van der Waals surface area contributed by atoms with Crippen molar-refractivity contribution in [2.24, 2.45) is 0 Å². The van der Waals surface area contributed by atoms with Gasteiger partial charge in [-0.3, -0.25) is 4.79 Å². The molecule has 1 aromatic carbocycles. The molecule has 2 aliphatic heterocycles. The van der Waals surface area contributed by atoms with Gasteiger partial charge in [0.15, 0.2) is 5.05 Å². The zero-order chi connectivity index (χ0) is 13.4. The smallest absolute Gasteiger partial charge is 0.256 e. The van der Waals surface area contributed by atoms with Gasteiger partial charge in [0, 0.05) is 16.8 Å². The molecule has 0 aromatic heterocycles. The quantitative estimate of drug-likeness (QED) is 0.612. The number of fused-ring (bicyclic) bond motifs is 1. The van der Waals surface area contributed by atoms with Crippen molar-refractivity contribution in [2.45, 2.75) is 6.10 Å². The molecule has 2 heterocycles. The minimum Gasteiger partial charge on any atom is -0.321 e. The highest BCUT2D eigenvalue weighted by Gasteiger charge is 2.25. The first-order valence-electron chi connectivity index (χ1n) is 5.59. The number of anilines is 1. The van der Waals surface area contributed by atoms with E-state index < -0.39 is 16.4 Å². The van der Waals surface area contributed by atoms with E-state index in [1.165, 1.54) is 6.08 Å². The SMILES string of the molecule is O=C1Nc2ccccc2C1=CC1C=CC(=S(=O)=O)O1. The van der Waals surface area contributed by atoms with Gasteiger partial charge in [-0.2, -0.15) is 8.42 Å². The van der Waals surface area contributed by atoms with Crippen molar-refractivity contribution < 1.29 is 17.9 Å². The number of nitrogens with one attached hydrogen (secondary N) is 1. The first-order chi connectivity index (χ1) is 9.15. The summed E-state index contributed by atoms with van der Waals surface area (Å²) in [5, 5.41) is 2.62. The second kappa shape index (κ2) is 4.49. The number of hydrogen-bond acceptors (Lipinski definition) is 4. The number of carbonyl (C=O) groups excluding carboxylic acids is 1. The third kappa shape index (κ3) is 2.11. The van der Waals surface area contributed by atoms with Gasteiger partial charge in [0.1, 0.15) is 6.10 Å². The standard InChI is InChI=1S/C13H9NO4S/c15-13-10(9-3-1-2-4-11(9)14-13)7-8-5-6-12(18-8)19(16)17/h1-8H,(H,14,15). The third-order valence-corrected chi connectivity index (χ3v) is 3.44. The van der Waals surface area contributed by atoms with E-state index in [0.29, 0.717) is 5.57 Å². The molecular formula is C13H9NO4S. The number of amides is 1. The third-order valence-electron chi connectivity index (χ3n) is 2.88. The van der Waals surface area contributed by atoms with E-state index in [0.717, 1.165) is 11.3 Å². The Morgan fingerprint density at radius 2 is 2.05 bits per heavy atom. The van der Waals surface area contributed by atoms with Crippen LogP contribution in [0.15, 0.2) is 42.5 Å². The highest BCUT2D eigenvalue weighted by Crippen LogP contribution is 2.32. The minimum atomic E-state index is -2.39. The molecule has 2 aliphatic rings. The molecule has 0 fully saturated rings. The van der Waals surface area contributed by atoms with Crippen molar-refractivity contribution in [1.82, 2.24) is 0 Å². The number of para-hydroxylation sites is 1. The first kappa shape index (κ1) is 11.9. The van der Waals surface area contributed by atoms with E-state index in [1.807, 2.05) is 24.3 Å². The second-order valence-electron chi connectivity index (χ2n) is 4.08. The van der Waals surface area contributed by atoms with Gasteiger partial charge in [-0.1, -0.05) is 18.2 Å². The van der Waals surface area contributed by atoms with Crippen molar-refractivity contribution in [3.8, 4) is 0 Å². The normalized spacial score (nSPS) is 22.7. The Bertz CT molecular complexity index is 751. The monoisotopic (exact) mass is 275 g/mol. The van der Waals surface area contributed by atoms with Crippen LogP contribution in [0.25, 0.3) is 5.57 Å². The lowest BCUT2D eigenvalue weighted by molar-refractivity contribution is -0.110. The number of ether oxygens (including phenoxy) is 1. The summed E-state index contributed by atoms with van der Waals surface area (Å²) in [4.78, 5) is 11.8. The number of benzene rings is 1. The Hall–Kier alpha value is -2.18. The minimum absolute atomic E-state index is 0.117. The van der Waals surface area contributed by atoms with Crippen molar-refractivity contribution in [3.63, 3.8) is 0 Å². The highest BCUT2D eigenvalue weighted by molar-refractivity contribution is 7.73. The first-order valence-corrected chi connectivity index (χ1v) is 6.66. The maximum atomic E-state index is 11.8. The molecule has 3 rings (SSSR count). The van der Waals surface area contributed by atoms with Gasteiger partial charge >= 0.3 is 0 Å². The van der Waals surface area contributed by atoms with Crippen LogP contribution < -0.4 is 5.32 Å². The fourth-order valence-corrected chi connectivity index (χ4v) is 2.42. The average molecular weight is 275 g/mol. The summed E-state index contributed by atoms with van der Waals surface area (Å²) in [6.45, 7) is 0. The Balaban J connectivity index is 1.96. The summed E-state index contributed by atoms with van der Waals surface area (Å²) in [5.74, 6) is -0.213. The summed E-state index contributed by atoms with van der Waals surface area (Å²) in [6.07, 6.45) is 4.04. The topological polar surface area (TPSA) is 72.5 Å². The Labute approximate surface area is 110 Å². The second-order valence-corrected chi connectivity index (χ2v) is 4.95. The lowest BCUT2D eigenvalue weighted by Crippen LogP contribution is -2.09. The Morgan fingerprint density at radius 3 is 2.79 bits per heavy atom. The van der Waals surface area contributed by atoms with Gasteiger partial charge in [-0.15, -0.1) is 0 Å². The van der Waals surface area contributed by atoms with Crippen molar-refractivity contribution in [2.75, 3.05) is 5.32 Å². The van der Waals surface area contributed by atoms with Crippen LogP contribution in [0.5, 0.6) is 0 Å². The molecule has 0 radical (unpaired) electrons. The molecule has 1 amide bonds. The van der Waals surface area contributed by atoms with Gasteiger partial charge in [0.2, 0.25) is 10.3 Å². The molecule has 0 saturated carbocycles. The predicted octanol–water partition coefficient (Wildman–Crippen LogP) is 0.986. The maximum Gasteiger partial charge on any atom is 0.256 e. The van der Waals surface area contributed by atoms with Crippen molar-refractivity contribution in [3.05, 3.63) is 48.1 Å². The molecule has 0 spiro atoms. The highest BCUT2D eigenvalue weighted by atomic mass is 32.2. The lowest BCUT2D eigenvalue weighted by atomic mass is 10.1. The van der Waals surface area contributed by atoms with E-state index in [2.05, 4.69) is 5.32 Å². The molecule has 1 aromatic rings. The molecule has 1 N–H and O–H groups in total. The molecule has 6 heteroatoms. The van der Waals surface area contributed by atoms with Gasteiger partial charge in [0.25, 0.3) is 5.91 Å². The van der Waals surface area contributed by atoms with Crippen LogP contribution in [0.1, 0.15) is 5.56 Å². The maximum absolute atomic E-state index is 11.8. The van der Waals surface area contributed by atoms with Crippen LogP contribution in [0.4, 0.5) is 5.69 Å². The van der Waals surface area contributed by atoms with Crippen molar-refractivity contribution >= 4 is 32.5 Å². The fraction of sp³-hybridized carbons (Fsp3) is 0.0769. The van der Waals surface area contributed by atoms with Gasteiger partial charge in [-0.05, 0) is 24.3 Å². The van der Waals surface area contributed by atoms with Gasteiger partial charge in [-0.25, -0.2) is 0 Å². The van der Waals surface area contributed by atoms with Crippen LogP contribution >= 0.6 is 0 Å². The van der Waals surface area contributed by atoms with E-state index in [4.69, 9.17) is 4.74 Å². The molecule has 1 atom stereocenters. The van der Waals surface area contributed by atoms with Crippen LogP contribution in [-0.4, -0.2) is 25.5 Å².